The molecule has 0 spiro atoms. The molecule has 0 saturated carbocycles. The second-order valence-electron chi connectivity index (χ2n) is 6.69. The van der Waals surface area contributed by atoms with Crippen LogP contribution >= 0.6 is 11.3 Å². The predicted octanol–water partition coefficient (Wildman–Crippen LogP) is 1.63. The average molecular weight is 405 g/mol. The van der Waals surface area contributed by atoms with Crippen molar-refractivity contribution in [3.05, 3.63) is 65.4 Å². The van der Waals surface area contributed by atoms with Gasteiger partial charge >= 0.3 is 0 Å². The SMILES string of the molecule is O=S(=O)(Cc1ccccc1)N1CC[NH+](Cc2coc(-c3cccs3)n2)CC1. The first-order valence-electron chi connectivity index (χ1n) is 8.94. The van der Waals surface area contributed by atoms with Crippen LogP contribution in [0.25, 0.3) is 10.8 Å². The lowest BCUT2D eigenvalue weighted by molar-refractivity contribution is -0.917. The van der Waals surface area contributed by atoms with Crippen LogP contribution in [0.5, 0.6) is 0 Å². The Labute approximate surface area is 163 Å². The molecular formula is C19H22N3O3S2+. The van der Waals surface area contributed by atoms with Crippen molar-refractivity contribution in [2.75, 3.05) is 26.2 Å². The van der Waals surface area contributed by atoms with Crippen molar-refractivity contribution in [3.63, 3.8) is 0 Å². The number of benzene rings is 1. The first-order chi connectivity index (χ1) is 13.1. The van der Waals surface area contributed by atoms with E-state index in [1.54, 1.807) is 21.9 Å². The molecule has 1 aliphatic heterocycles. The predicted molar refractivity (Wildman–Crippen MR) is 105 cm³/mol. The fourth-order valence-electron chi connectivity index (χ4n) is 3.29. The highest BCUT2D eigenvalue weighted by Crippen LogP contribution is 2.23. The molecular weight excluding hydrogens is 382 g/mol. The number of quaternary nitrogens is 1. The second kappa shape index (κ2) is 7.93. The highest BCUT2D eigenvalue weighted by atomic mass is 32.2. The van der Waals surface area contributed by atoms with E-state index in [9.17, 15) is 8.42 Å². The van der Waals surface area contributed by atoms with Crippen LogP contribution in [-0.2, 0) is 22.3 Å². The summed E-state index contributed by atoms with van der Waals surface area (Å²) in [5, 5.41) is 2.00. The topological polar surface area (TPSA) is 67.8 Å². The zero-order valence-electron chi connectivity index (χ0n) is 14.9. The quantitative estimate of drug-likeness (QED) is 0.678. The molecule has 6 nitrogen and oxygen atoms in total. The van der Waals surface area contributed by atoms with Crippen molar-refractivity contribution in [3.8, 4) is 10.8 Å². The first-order valence-corrected chi connectivity index (χ1v) is 11.4. The van der Waals surface area contributed by atoms with Crippen LogP contribution in [0.2, 0.25) is 0 Å². The standard InChI is InChI=1S/C19H21N3O3S2/c23-27(24,15-16-5-2-1-3-6-16)22-10-8-21(9-11-22)13-17-14-25-19(20-17)18-7-4-12-26-18/h1-7,12,14H,8-11,13,15H2/p+1. The van der Waals surface area contributed by atoms with E-state index >= 15 is 0 Å². The molecule has 1 saturated heterocycles. The highest BCUT2D eigenvalue weighted by Gasteiger charge is 2.29. The zero-order valence-corrected chi connectivity index (χ0v) is 16.5. The van der Waals surface area contributed by atoms with Crippen molar-refractivity contribution >= 4 is 21.4 Å². The van der Waals surface area contributed by atoms with Gasteiger partial charge in [-0.05, 0) is 17.0 Å². The van der Waals surface area contributed by atoms with E-state index in [-0.39, 0.29) is 5.75 Å². The van der Waals surface area contributed by atoms with Crippen molar-refractivity contribution in [1.82, 2.24) is 9.29 Å². The van der Waals surface area contributed by atoms with E-state index in [1.807, 2.05) is 47.8 Å². The lowest BCUT2D eigenvalue weighted by atomic mass is 10.2. The summed E-state index contributed by atoms with van der Waals surface area (Å²) in [5.74, 6) is 0.722. The zero-order chi connectivity index (χ0) is 18.7. The molecule has 0 atom stereocenters. The van der Waals surface area contributed by atoms with E-state index in [4.69, 9.17) is 4.42 Å². The number of aromatic nitrogens is 1. The van der Waals surface area contributed by atoms with E-state index in [0.29, 0.717) is 19.0 Å². The fraction of sp³-hybridized carbons (Fsp3) is 0.316. The molecule has 0 bridgehead atoms. The molecule has 0 radical (unpaired) electrons. The smallest absolute Gasteiger partial charge is 0.236 e. The maximum absolute atomic E-state index is 12.6. The van der Waals surface area contributed by atoms with Gasteiger partial charge in [-0.1, -0.05) is 36.4 Å². The number of thiophene rings is 1. The molecule has 27 heavy (non-hydrogen) atoms. The molecule has 4 rings (SSSR count). The maximum atomic E-state index is 12.6. The summed E-state index contributed by atoms with van der Waals surface area (Å²) in [5.41, 5.74) is 1.74. The average Bonchev–Trinajstić information content (AvgIpc) is 3.34. The van der Waals surface area contributed by atoms with Crippen molar-refractivity contribution in [2.24, 2.45) is 0 Å². The van der Waals surface area contributed by atoms with Crippen LogP contribution < -0.4 is 4.90 Å². The number of nitrogens with one attached hydrogen (secondary N) is 1. The number of oxazole rings is 1. The van der Waals surface area contributed by atoms with Gasteiger partial charge in [0.25, 0.3) is 0 Å². The maximum Gasteiger partial charge on any atom is 0.236 e. The number of hydrogen-bond donors (Lipinski definition) is 1. The van der Waals surface area contributed by atoms with Crippen LogP contribution in [-0.4, -0.2) is 43.9 Å². The summed E-state index contributed by atoms with van der Waals surface area (Å²) >= 11 is 1.60. The molecule has 0 unspecified atom stereocenters. The fourth-order valence-corrected chi connectivity index (χ4v) is 5.48. The van der Waals surface area contributed by atoms with E-state index < -0.39 is 10.0 Å². The van der Waals surface area contributed by atoms with Crippen LogP contribution in [0, 0.1) is 0 Å². The highest BCUT2D eigenvalue weighted by molar-refractivity contribution is 7.88. The molecule has 3 heterocycles. The molecule has 0 amide bonds. The lowest BCUT2D eigenvalue weighted by Crippen LogP contribution is -3.13. The molecule has 1 aliphatic rings. The Morgan fingerprint density at radius 1 is 1.11 bits per heavy atom. The minimum absolute atomic E-state index is 0.0661. The van der Waals surface area contributed by atoms with Gasteiger partial charge in [-0.25, -0.2) is 13.4 Å². The summed E-state index contributed by atoms with van der Waals surface area (Å²) in [4.78, 5) is 6.91. The number of piperazine rings is 1. The number of hydrogen-bond acceptors (Lipinski definition) is 5. The molecule has 2 aromatic heterocycles. The summed E-state index contributed by atoms with van der Waals surface area (Å²) in [7, 11) is -3.27. The molecule has 0 aliphatic carbocycles. The van der Waals surface area contributed by atoms with Gasteiger partial charge in [-0.15, -0.1) is 11.3 Å². The normalized spacial score (nSPS) is 16.6. The Kier molecular flexibility index (Phi) is 5.40. The Morgan fingerprint density at radius 2 is 1.89 bits per heavy atom. The summed E-state index contributed by atoms with van der Waals surface area (Å²) in [6.07, 6.45) is 1.71. The number of rotatable bonds is 6. The third-order valence-electron chi connectivity index (χ3n) is 4.73. The molecule has 1 N–H and O–H groups in total. The Hall–Kier alpha value is -2.00. The molecule has 8 heteroatoms. The van der Waals surface area contributed by atoms with Gasteiger partial charge in [-0.2, -0.15) is 4.31 Å². The van der Waals surface area contributed by atoms with Crippen molar-refractivity contribution in [2.45, 2.75) is 12.3 Å². The van der Waals surface area contributed by atoms with Gasteiger partial charge in [0.1, 0.15) is 18.5 Å². The largest absolute Gasteiger partial charge is 0.443 e. The Balaban J connectivity index is 1.32. The van der Waals surface area contributed by atoms with E-state index in [1.165, 1.54) is 4.90 Å². The third-order valence-corrected chi connectivity index (χ3v) is 7.44. The summed E-state index contributed by atoms with van der Waals surface area (Å²) in [6, 6.07) is 13.3. The van der Waals surface area contributed by atoms with Gasteiger partial charge in [0.2, 0.25) is 15.9 Å². The molecule has 142 valence electrons. The van der Waals surface area contributed by atoms with Gasteiger partial charge in [0, 0.05) is 0 Å². The number of nitrogens with zero attached hydrogens (tertiary/aromatic N) is 2. The van der Waals surface area contributed by atoms with Crippen LogP contribution in [0.1, 0.15) is 11.3 Å². The lowest BCUT2D eigenvalue weighted by Gasteiger charge is -2.31. The third kappa shape index (κ3) is 4.47. The minimum Gasteiger partial charge on any atom is -0.443 e. The summed E-state index contributed by atoms with van der Waals surface area (Å²) in [6.45, 7) is 3.38. The number of sulfonamides is 1. The van der Waals surface area contributed by atoms with Crippen molar-refractivity contribution in [1.29, 1.82) is 0 Å². The Morgan fingerprint density at radius 3 is 2.59 bits per heavy atom. The Bertz CT molecular complexity index is 961. The van der Waals surface area contributed by atoms with Crippen LogP contribution in [0.3, 0.4) is 0 Å². The van der Waals surface area contributed by atoms with Crippen LogP contribution in [0.4, 0.5) is 0 Å². The van der Waals surface area contributed by atoms with Crippen LogP contribution in [0.15, 0.2) is 58.5 Å². The first kappa shape index (κ1) is 18.4. The second-order valence-corrected chi connectivity index (χ2v) is 9.61. The van der Waals surface area contributed by atoms with Gasteiger partial charge < -0.3 is 9.32 Å². The van der Waals surface area contributed by atoms with Gasteiger partial charge in [-0.3, -0.25) is 0 Å². The molecule has 1 fully saturated rings. The molecule has 1 aromatic carbocycles. The van der Waals surface area contributed by atoms with E-state index in [2.05, 4.69) is 4.98 Å². The molecule has 3 aromatic rings. The van der Waals surface area contributed by atoms with E-state index in [0.717, 1.165) is 35.8 Å². The minimum atomic E-state index is -3.27. The van der Waals surface area contributed by atoms with Gasteiger partial charge in [0.15, 0.2) is 0 Å². The van der Waals surface area contributed by atoms with Crippen molar-refractivity contribution < 1.29 is 17.7 Å². The van der Waals surface area contributed by atoms with Gasteiger partial charge in [0.05, 0.1) is 36.8 Å². The monoisotopic (exact) mass is 404 g/mol. The summed E-state index contributed by atoms with van der Waals surface area (Å²) < 4.78 is 32.5.